The molecule has 1 aromatic heterocycles. The Balaban J connectivity index is 2.09. The molecule has 1 saturated heterocycles. The van der Waals surface area contributed by atoms with Gasteiger partial charge in [0.25, 0.3) is 0 Å². The van der Waals surface area contributed by atoms with Crippen molar-refractivity contribution in [3.63, 3.8) is 0 Å². The van der Waals surface area contributed by atoms with E-state index in [1.807, 2.05) is 26.8 Å². The number of carbonyl (C=O) groups is 2. The van der Waals surface area contributed by atoms with Crippen LogP contribution in [0.1, 0.15) is 27.2 Å². The van der Waals surface area contributed by atoms with Crippen LogP contribution in [-0.2, 0) is 9.59 Å². The van der Waals surface area contributed by atoms with Crippen LogP contribution in [0, 0.1) is 11.8 Å². The van der Waals surface area contributed by atoms with E-state index in [2.05, 4.69) is 9.88 Å². The van der Waals surface area contributed by atoms with Crippen molar-refractivity contribution in [2.24, 2.45) is 11.8 Å². The van der Waals surface area contributed by atoms with E-state index in [9.17, 15) is 14.7 Å². The Morgan fingerprint density at radius 3 is 2.54 bits per heavy atom. The second-order valence-electron chi connectivity index (χ2n) is 7.18. The van der Waals surface area contributed by atoms with Gasteiger partial charge in [0, 0.05) is 31.9 Å². The van der Waals surface area contributed by atoms with Crippen LogP contribution < -0.4 is 4.90 Å². The monoisotopic (exact) mass is 383 g/mol. The maximum Gasteiger partial charge on any atom is 0.333 e. The first-order chi connectivity index (χ1) is 12.2. The Bertz CT molecular complexity index is 638. The molecule has 7 nitrogen and oxygen atoms in total. The van der Waals surface area contributed by atoms with Crippen LogP contribution in [0.3, 0.4) is 0 Å². The van der Waals surface area contributed by atoms with E-state index in [0.29, 0.717) is 31.1 Å². The van der Waals surface area contributed by atoms with Crippen molar-refractivity contribution < 1.29 is 19.8 Å². The number of hydrogen-bond donors (Lipinski definition) is 2. The number of amides is 1. The highest BCUT2D eigenvalue weighted by atomic mass is 35.5. The summed E-state index contributed by atoms with van der Waals surface area (Å²) in [7, 11) is 0. The van der Waals surface area contributed by atoms with Crippen LogP contribution in [-0.4, -0.2) is 63.8 Å². The molecule has 144 valence electrons. The molecule has 0 radical (unpaired) electrons. The van der Waals surface area contributed by atoms with Crippen LogP contribution in [0.4, 0.5) is 5.82 Å². The predicted octanol–water partition coefficient (Wildman–Crippen LogP) is 1.88. The Morgan fingerprint density at radius 1 is 1.35 bits per heavy atom. The van der Waals surface area contributed by atoms with Crippen molar-refractivity contribution in [3.8, 4) is 0 Å². The van der Waals surface area contributed by atoms with Gasteiger partial charge in [-0.15, -0.1) is 0 Å². The third-order valence-electron chi connectivity index (χ3n) is 4.62. The van der Waals surface area contributed by atoms with E-state index < -0.39 is 18.0 Å². The highest BCUT2D eigenvalue weighted by Gasteiger charge is 2.38. The van der Waals surface area contributed by atoms with Crippen molar-refractivity contribution in [2.75, 3.05) is 24.5 Å². The number of aliphatic hydroxyl groups excluding tert-OH is 1. The lowest BCUT2D eigenvalue weighted by Gasteiger charge is -2.42. The molecule has 3 atom stereocenters. The average Bonchev–Trinajstić information content (AvgIpc) is 2.58. The minimum atomic E-state index is -1.69. The molecule has 26 heavy (non-hydrogen) atoms. The summed E-state index contributed by atoms with van der Waals surface area (Å²) in [6.45, 7) is 7.34. The molecule has 1 fully saturated rings. The Hall–Kier alpha value is -1.86. The first kappa shape index (κ1) is 20.5. The predicted molar refractivity (Wildman–Crippen MR) is 99.2 cm³/mol. The molecule has 8 heteroatoms. The Labute approximate surface area is 158 Å². The number of nitrogens with zero attached hydrogens (tertiary/aromatic N) is 3. The fraction of sp³-hybridized carbons (Fsp3) is 0.611. The zero-order valence-electron chi connectivity index (χ0n) is 15.3. The standard InChI is InChI=1S/C18H26ClN3O4/c1-11(2)8-14(16(23)18(25)26)17(24)22-7-6-21(10-12(22)3)15-5-4-13(19)9-20-15/h4-5,9,11-12,14,16,23H,6-8,10H2,1-3H3,(H,25,26)/t12-,14+,16-/m1/s1. The van der Waals surface area contributed by atoms with Gasteiger partial charge in [0.1, 0.15) is 5.82 Å². The molecule has 0 aromatic carbocycles. The number of carboxylic acid groups (broad SMARTS) is 1. The van der Waals surface area contributed by atoms with E-state index in [1.54, 1.807) is 17.2 Å². The summed E-state index contributed by atoms with van der Waals surface area (Å²) in [6.07, 6.45) is 0.229. The van der Waals surface area contributed by atoms with E-state index in [-0.39, 0.29) is 17.9 Å². The number of rotatable bonds is 6. The van der Waals surface area contributed by atoms with Crippen LogP contribution >= 0.6 is 11.6 Å². The summed E-state index contributed by atoms with van der Waals surface area (Å²) in [5, 5.41) is 19.7. The van der Waals surface area contributed by atoms with Crippen molar-refractivity contribution in [1.82, 2.24) is 9.88 Å². The topological polar surface area (TPSA) is 94.0 Å². The van der Waals surface area contributed by atoms with Crippen LogP contribution in [0.5, 0.6) is 0 Å². The molecule has 2 rings (SSSR count). The molecular weight excluding hydrogens is 358 g/mol. The molecule has 0 bridgehead atoms. The van der Waals surface area contributed by atoms with Gasteiger partial charge in [0.2, 0.25) is 5.91 Å². The van der Waals surface area contributed by atoms with Gasteiger partial charge in [-0.05, 0) is 31.4 Å². The van der Waals surface area contributed by atoms with Crippen LogP contribution in [0.2, 0.25) is 5.02 Å². The van der Waals surface area contributed by atoms with E-state index in [1.165, 1.54) is 0 Å². The van der Waals surface area contributed by atoms with E-state index in [4.69, 9.17) is 16.7 Å². The number of carboxylic acids is 1. The number of aliphatic hydroxyl groups is 1. The number of hydrogen-bond acceptors (Lipinski definition) is 5. The summed E-state index contributed by atoms with van der Waals surface area (Å²) in [4.78, 5) is 32.2. The maximum atomic E-state index is 12.9. The fourth-order valence-electron chi connectivity index (χ4n) is 3.31. The van der Waals surface area contributed by atoms with Gasteiger partial charge in [-0.2, -0.15) is 0 Å². The zero-order chi connectivity index (χ0) is 19.4. The second kappa shape index (κ2) is 8.68. The lowest BCUT2D eigenvalue weighted by molar-refractivity contribution is -0.158. The summed E-state index contributed by atoms with van der Waals surface area (Å²) in [5.41, 5.74) is 0. The summed E-state index contributed by atoms with van der Waals surface area (Å²) in [5.74, 6) is -1.70. The SMILES string of the molecule is CC(C)C[C@H](C(=O)N1CCN(c2ccc(Cl)cn2)C[C@H]1C)[C@@H](O)C(=O)O. The van der Waals surface area contributed by atoms with E-state index >= 15 is 0 Å². The Kier molecular flexibility index (Phi) is 6.83. The summed E-state index contributed by atoms with van der Waals surface area (Å²) >= 11 is 5.87. The zero-order valence-corrected chi connectivity index (χ0v) is 16.1. The number of aliphatic carboxylic acids is 1. The van der Waals surface area contributed by atoms with Gasteiger partial charge in [-0.1, -0.05) is 25.4 Å². The number of pyridine rings is 1. The molecule has 1 aliphatic rings. The number of halogens is 1. The third kappa shape index (κ3) is 4.86. The van der Waals surface area contributed by atoms with Gasteiger partial charge in [0.15, 0.2) is 6.10 Å². The van der Waals surface area contributed by atoms with Crippen LogP contribution in [0.15, 0.2) is 18.3 Å². The van der Waals surface area contributed by atoms with Gasteiger partial charge in [0.05, 0.1) is 10.9 Å². The van der Waals surface area contributed by atoms with Crippen molar-refractivity contribution in [3.05, 3.63) is 23.4 Å². The number of piperazine rings is 1. The van der Waals surface area contributed by atoms with Crippen molar-refractivity contribution in [1.29, 1.82) is 0 Å². The lowest BCUT2D eigenvalue weighted by atomic mass is 9.90. The Morgan fingerprint density at radius 2 is 2.04 bits per heavy atom. The lowest BCUT2D eigenvalue weighted by Crippen LogP contribution is -2.57. The molecular formula is C18H26ClN3O4. The maximum absolute atomic E-state index is 12.9. The number of carbonyl (C=O) groups excluding carboxylic acids is 1. The number of anilines is 1. The summed E-state index contributed by atoms with van der Waals surface area (Å²) in [6, 6.07) is 3.49. The minimum Gasteiger partial charge on any atom is -0.479 e. The van der Waals surface area contributed by atoms with Crippen molar-refractivity contribution in [2.45, 2.75) is 39.3 Å². The first-order valence-electron chi connectivity index (χ1n) is 8.78. The molecule has 0 spiro atoms. The normalized spacial score (nSPS) is 20.2. The number of aromatic nitrogens is 1. The summed E-state index contributed by atoms with van der Waals surface area (Å²) < 4.78 is 0. The molecule has 0 aliphatic carbocycles. The quantitative estimate of drug-likeness (QED) is 0.779. The molecule has 2 N–H and O–H groups in total. The van der Waals surface area contributed by atoms with Gasteiger partial charge in [-0.25, -0.2) is 9.78 Å². The highest BCUT2D eigenvalue weighted by Crippen LogP contribution is 2.24. The molecule has 1 amide bonds. The van der Waals surface area contributed by atoms with Gasteiger partial charge < -0.3 is 20.0 Å². The van der Waals surface area contributed by atoms with Crippen molar-refractivity contribution >= 4 is 29.3 Å². The molecule has 2 heterocycles. The molecule has 1 aromatic rings. The minimum absolute atomic E-state index is 0.104. The average molecular weight is 384 g/mol. The fourth-order valence-corrected chi connectivity index (χ4v) is 3.42. The molecule has 1 aliphatic heterocycles. The second-order valence-corrected chi connectivity index (χ2v) is 7.62. The molecule has 0 unspecified atom stereocenters. The highest BCUT2D eigenvalue weighted by molar-refractivity contribution is 6.30. The van der Waals surface area contributed by atoms with Crippen LogP contribution in [0.25, 0.3) is 0 Å². The smallest absolute Gasteiger partial charge is 0.333 e. The largest absolute Gasteiger partial charge is 0.479 e. The molecule has 0 saturated carbocycles. The van der Waals surface area contributed by atoms with Gasteiger partial charge >= 0.3 is 5.97 Å². The first-order valence-corrected chi connectivity index (χ1v) is 9.16. The third-order valence-corrected chi connectivity index (χ3v) is 4.85. The van der Waals surface area contributed by atoms with Gasteiger partial charge in [-0.3, -0.25) is 4.79 Å². The van der Waals surface area contributed by atoms with E-state index in [0.717, 1.165) is 5.82 Å².